The van der Waals surface area contributed by atoms with Gasteiger partial charge in [-0.3, -0.25) is 14.8 Å². The molecule has 10 heteroatoms. The third kappa shape index (κ3) is 5.94. The number of aliphatic hydroxyl groups excluding tert-OH is 1. The Bertz CT molecular complexity index is 1440. The highest BCUT2D eigenvalue weighted by Gasteiger charge is 2.35. The highest BCUT2D eigenvalue weighted by molar-refractivity contribution is 5.91. The summed E-state index contributed by atoms with van der Waals surface area (Å²) >= 11 is 0. The number of hydrogen-bond donors (Lipinski definition) is 3. The summed E-state index contributed by atoms with van der Waals surface area (Å²) < 4.78 is 1.54. The molecule has 3 atom stereocenters. The van der Waals surface area contributed by atoms with Crippen LogP contribution in [0.4, 0.5) is 0 Å². The van der Waals surface area contributed by atoms with Crippen molar-refractivity contribution in [1.82, 2.24) is 19.7 Å². The Balaban J connectivity index is 1.39. The smallest absolute Gasteiger partial charge is 0.348 e. The number of fused-ring (bicyclic) bond motifs is 1. The second-order valence-electron chi connectivity index (χ2n) is 9.70. The summed E-state index contributed by atoms with van der Waals surface area (Å²) in [5.74, 6) is -1.71. The van der Waals surface area contributed by atoms with Crippen LogP contribution in [-0.2, 0) is 30.7 Å². The molecule has 39 heavy (non-hydrogen) atoms. The van der Waals surface area contributed by atoms with E-state index in [4.69, 9.17) is 5.73 Å². The van der Waals surface area contributed by atoms with Gasteiger partial charge in [-0.25, -0.2) is 14.5 Å². The fourth-order valence-corrected chi connectivity index (χ4v) is 4.93. The van der Waals surface area contributed by atoms with Gasteiger partial charge >= 0.3 is 5.91 Å². The molecule has 0 spiro atoms. The molecular weight excluding hydrogens is 496 g/mol. The minimum absolute atomic E-state index is 0.0154. The second-order valence-corrected chi connectivity index (χ2v) is 9.70. The standard InChI is InChI=1S/C29H30N6O4/c30-27(37)26(36)25(16-20-8-3-1-4-9-20)35(39)29(38)23-12-7-14-31-28(23)34-19-22-18-33(15-13-24(22)32-34)17-21-10-5-2-6-11-21/h1-12,14,19,25-26,35-36H,13,15-18H2,(H2,30,37). The Labute approximate surface area is 225 Å². The van der Waals surface area contributed by atoms with Crippen LogP contribution in [0.5, 0.6) is 0 Å². The van der Waals surface area contributed by atoms with Crippen molar-refractivity contribution < 1.29 is 19.8 Å². The number of aliphatic hydroxyl groups is 1. The lowest BCUT2D eigenvalue weighted by Gasteiger charge is -2.31. The maximum atomic E-state index is 13.5. The number of hydrogen-bond acceptors (Lipinski definition) is 7. The fourth-order valence-electron chi connectivity index (χ4n) is 4.93. The number of carbonyl (C=O) groups is 2. The summed E-state index contributed by atoms with van der Waals surface area (Å²) in [5.41, 5.74) is 9.22. The molecule has 4 N–H and O–H groups in total. The highest BCUT2D eigenvalue weighted by atomic mass is 16.5. The minimum atomic E-state index is -1.81. The van der Waals surface area contributed by atoms with Gasteiger partial charge < -0.3 is 16.0 Å². The molecule has 4 aromatic rings. The monoisotopic (exact) mass is 526 g/mol. The van der Waals surface area contributed by atoms with Crippen LogP contribution in [0.15, 0.2) is 85.2 Å². The number of nitrogens with zero attached hydrogens (tertiary/aromatic N) is 4. The molecule has 0 bridgehead atoms. The molecule has 2 aromatic carbocycles. The maximum Gasteiger partial charge on any atom is 0.348 e. The number of primary amides is 1. The van der Waals surface area contributed by atoms with Gasteiger partial charge in [0.25, 0.3) is 5.91 Å². The van der Waals surface area contributed by atoms with E-state index in [1.807, 2.05) is 30.5 Å². The lowest BCUT2D eigenvalue weighted by molar-refractivity contribution is -0.792. The largest absolute Gasteiger partial charge is 0.626 e. The van der Waals surface area contributed by atoms with E-state index in [1.54, 1.807) is 30.3 Å². The third-order valence-electron chi connectivity index (χ3n) is 6.96. The number of nitrogens with two attached hydrogens (primary N) is 1. The predicted octanol–water partition coefficient (Wildman–Crippen LogP) is 0.806. The molecule has 200 valence electrons. The van der Waals surface area contributed by atoms with Crippen molar-refractivity contribution in [2.75, 3.05) is 6.54 Å². The van der Waals surface area contributed by atoms with E-state index >= 15 is 0 Å². The van der Waals surface area contributed by atoms with Crippen molar-refractivity contribution in [3.8, 4) is 5.82 Å². The van der Waals surface area contributed by atoms with Crippen LogP contribution >= 0.6 is 0 Å². The Morgan fingerprint density at radius 1 is 1.03 bits per heavy atom. The molecule has 0 saturated heterocycles. The van der Waals surface area contributed by atoms with Gasteiger partial charge in [0.2, 0.25) is 0 Å². The van der Waals surface area contributed by atoms with Crippen molar-refractivity contribution in [1.29, 1.82) is 0 Å². The number of amides is 2. The molecule has 0 fully saturated rings. The summed E-state index contributed by atoms with van der Waals surface area (Å²) in [6.45, 7) is 2.36. The molecule has 1 aliphatic heterocycles. The van der Waals surface area contributed by atoms with Gasteiger partial charge in [0, 0.05) is 50.4 Å². The number of pyridine rings is 1. The second kappa shape index (κ2) is 11.7. The van der Waals surface area contributed by atoms with E-state index in [9.17, 15) is 19.9 Å². The number of hydroxylamine groups is 2. The number of rotatable bonds is 9. The first-order valence-corrected chi connectivity index (χ1v) is 12.8. The SMILES string of the molecule is NC(=O)C(O)C(Cc1ccccc1)[NH+]([O-])C(=O)c1cccnc1-n1cc2c(n1)CCN(Cc1ccccc1)C2. The average molecular weight is 527 g/mol. The molecular formula is C29H30N6O4. The van der Waals surface area contributed by atoms with Gasteiger partial charge in [0.05, 0.1) is 5.69 Å². The summed E-state index contributed by atoms with van der Waals surface area (Å²) in [4.78, 5) is 32.0. The number of nitrogens with one attached hydrogen (secondary N) is 1. The molecule has 0 saturated carbocycles. The highest BCUT2D eigenvalue weighted by Crippen LogP contribution is 2.22. The number of aromatic nitrogens is 3. The van der Waals surface area contributed by atoms with Crippen molar-refractivity contribution >= 4 is 11.8 Å². The Morgan fingerprint density at radius 2 is 1.72 bits per heavy atom. The first-order valence-electron chi connectivity index (χ1n) is 12.8. The summed E-state index contributed by atoms with van der Waals surface area (Å²) in [6, 6.07) is 20.8. The first kappa shape index (κ1) is 26.4. The molecule has 5 rings (SSSR count). The lowest BCUT2D eigenvalue weighted by Crippen LogP contribution is -3.16. The lowest BCUT2D eigenvalue weighted by atomic mass is 10.00. The van der Waals surface area contributed by atoms with Crippen LogP contribution in [0.2, 0.25) is 0 Å². The molecule has 10 nitrogen and oxygen atoms in total. The van der Waals surface area contributed by atoms with Gasteiger partial charge in [0.15, 0.2) is 11.9 Å². The molecule has 0 aliphatic carbocycles. The van der Waals surface area contributed by atoms with Crippen LogP contribution in [0.3, 0.4) is 0 Å². The molecule has 3 heterocycles. The molecule has 3 unspecified atom stereocenters. The van der Waals surface area contributed by atoms with E-state index in [0.717, 1.165) is 30.8 Å². The van der Waals surface area contributed by atoms with E-state index in [0.29, 0.717) is 12.1 Å². The third-order valence-corrected chi connectivity index (χ3v) is 6.96. The zero-order chi connectivity index (χ0) is 27.4. The van der Waals surface area contributed by atoms with E-state index in [-0.39, 0.29) is 17.8 Å². The average Bonchev–Trinajstić information content (AvgIpc) is 3.39. The zero-order valence-electron chi connectivity index (χ0n) is 21.3. The van der Waals surface area contributed by atoms with Gasteiger partial charge in [-0.1, -0.05) is 60.7 Å². The van der Waals surface area contributed by atoms with E-state index in [2.05, 4.69) is 27.1 Å². The minimum Gasteiger partial charge on any atom is -0.626 e. The molecule has 2 aromatic heterocycles. The van der Waals surface area contributed by atoms with Crippen molar-refractivity contribution in [2.45, 2.75) is 38.1 Å². The quantitative estimate of drug-likeness (QED) is 0.274. The van der Waals surface area contributed by atoms with Crippen molar-refractivity contribution in [3.63, 3.8) is 0 Å². The molecule has 1 aliphatic rings. The Kier molecular flexibility index (Phi) is 7.89. The van der Waals surface area contributed by atoms with Gasteiger partial charge in [-0.15, -0.1) is 0 Å². The van der Waals surface area contributed by atoms with E-state index < -0.39 is 29.0 Å². The van der Waals surface area contributed by atoms with Crippen molar-refractivity contribution in [2.24, 2.45) is 5.73 Å². The number of carbonyl (C=O) groups excluding carboxylic acids is 2. The van der Waals surface area contributed by atoms with Gasteiger partial charge in [-0.2, -0.15) is 5.10 Å². The Hall–Kier alpha value is -4.22. The predicted molar refractivity (Wildman–Crippen MR) is 143 cm³/mol. The zero-order valence-corrected chi connectivity index (χ0v) is 21.3. The van der Waals surface area contributed by atoms with Gasteiger partial charge in [0.1, 0.15) is 11.6 Å². The summed E-state index contributed by atoms with van der Waals surface area (Å²) in [5, 5.41) is 27.6. The van der Waals surface area contributed by atoms with Crippen LogP contribution in [0.25, 0.3) is 5.82 Å². The van der Waals surface area contributed by atoms with Crippen molar-refractivity contribution in [3.05, 3.63) is 118 Å². The number of benzene rings is 2. The Morgan fingerprint density at radius 3 is 2.41 bits per heavy atom. The van der Waals surface area contributed by atoms with Gasteiger partial charge in [-0.05, 0) is 23.3 Å². The summed E-state index contributed by atoms with van der Waals surface area (Å²) in [6.07, 6.45) is 2.29. The van der Waals surface area contributed by atoms with Crippen LogP contribution in [0.1, 0.15) is 32.7 Å². The number of quaternary nitrogens is 1. The van der Waals surface area contributed by atoms with Crippen LogP contribution in [0, 0.1) is 5.21 Å². The summed E-state index contributed by atoms with van der Waals surface area (Å²) in [7, 11) is 0. The topological polar surface area (TPSA) is 142 Å². The van der Waals surface area contributed by atoms with Crippen LogP contribution in [-0.4, -0.2) is 55.3 Å². The fraction of sp³-hybridized carbons (Fsp3) is 0.241. The molecule has 2 amide bonds. The van der Waals surface area contributed by atoms with Crippen LogP contribution < -0.4 is 10.8 Å². The normalized spacial score (nSPS) is 15.7. The van der Waals surface area contributed by atoms with E-state index in [1.165, 1.54) is 22.5 Å². The maximum absolute atomic E-state index is 13.5. The molecule has 0 radical (unpaired) electrons. The first-order chi connectivity index (χ1) is 18.9.